The molecule has 0 aromatic carbocycles. The fourth-order valence-corrected chi connectivity index (χ4v) is 0.268. The first-order valence-electron chi connectivity index (χ1n) is 2.39. The predicted octanol–water partition coefficient (Wildman–Crippen LogP) is -0.704. The molecular weight excluding hydrogens is 122 g/mol. The van der Waals surface area contributed by atoms with Crippen LogP contribution in [-0.2, 0) is 4.79 Å². The molecular formula is C5H9NO3. The first-order valence-corrected chi connectivity index (χ1v) is 2.39. The summed E-state index contributed by atoms with van der Waals surface area (Å²) < 4.78 is 0. The van der Waals surface area contributed by atoms with Crippen LogP contribution >= 0.6 is 0 Å². The average Bonchev–Trinajstić information content (AvgIpc) is 1.84. The molecule has 0 rings (SSSR count). The second kappa shape index (κ2) is 3.09. The number of nitrogens with two attached hydrogens (primary N) is 1. The third kappa shape index (κ3) is 2.14. The summed E-state index contributed by atoms with van der Waals surface area (Å²) in [6.07, 6.45) is 0. The van der Waals surface area contributed by atoms with E-state index in [1.807, 2.05) is 0 Å². The molecule has 0 heterocycles. The Labute approximate surface area is 52.6 Å². The summed E-state index contributed by atoms with van der Waals surface area (Å²) >= 11 is 0. The quantitative estimate of drug-likeness (QED) is 0.432. The zero-order valence-corrected chi connectivity index (χ0v) is 5.09. The molecule has 0 atom stereocenters. The number of carboxylic acid groups (broad SMARTS) is 1. The van der Waals surface area contributed by atoms with Gasteiger partial charge in [-0.2, -0.15) is 0 Å². The van der Waals surface area contributed by atoms with Crippen LogP contribution in [0.1, 0.15) is 6.92 Å². The standard InChI is InChI=1S/C5H9NO3/c1-3(2-7)4(6)5(8)9/h7H,2,6H2,1H3,(H,8,9)/b4-3-. The van der Waals surface area contributed by atoms with Crippen LogP contribution in [0.15, 0.2) is 11.3 Å². The number of carboxylic acids is 1. The monoisotopic (exact) mass is 131 g/mol. The summed E-state index contributed by atoms with van der Waals surface area (Å²) in [6.45, 7) is 1.15. The maximum Gasteiger partial charge on any atom is 0.351 e. The highest BCUT2D eigenvalue weighted by Gasteiger charge is 2.03. The molecule has 0 aliphatic carbocycles. The number of hydrogen-bond donors (Lipinski definition) is 3. The lowest BCUT2D eigenvalue weighted by molar-refractivity contribution is -0.132. The second-order valence-electron chi connectivity index (χ2n) is 1.66. The van der Waals surface area contributed by atoms with Gasteiger partial charge in [-0.1, -0.05) is 0 Å². The van der Waals surface area contributed by atoms with E-state index in [9.17, 15) is 4.79 Å². The van der Waals surface area contributed by atoms with Gasteiger partial charge >= 0.3 is 5.97 Å². The lowest BCUT2D eigenvalue weighted by Crippen LogP contribution is -2.13. The minimum Gasteiger partial charge on any atom is -0.477 e. The second-order valence-corrected chi connectivity index (χ2v) is 1.66. The van der Waals surface area contributed by atoms with Crippen LogP contribution in [0.5, 0.6) is 0 Å². The van der Waals surface area contributed by atoms with Gasteiger partial charge in [-0.25, -0.2) is 4.79 Å². The summed E-state index contributed by atoms with van der Waals surface area (Å²) in [7, 11) is 0. The van der Waals surface area contributed by atoms with E-state index in [2.05, 4.69) is 0 Å². The molecule has 0 fully saturated rings. The maximum absolute atomic E-state index is 10.0. The molecule has 0 aromatic heterocycles. The summed E-state index contributed by atoms with van der Waals surface area (Å²) in [5.74, 6) is -1.19. The molecule has 4 heteroatoms. The molecule has 0 aliphatic rings. The predicted molar refractivity (Wildman–Crippen MR) is 31.6 cm³/mol. The highest BCUT2D eigenvalue weighted by atomic mass is 16.4. The van der Waals surface area contributed by atoms with Gasteiger partial charge in [0.2, 0.25) is 0 Å². The summed E-state index contributed by atoms with van der Waals surface area (Å²) in [4.78, 5) is 10.0. The van der Waals surface area contributed by atoms with Gasteiger partial charge in [-0.05, 0) is 12.5 Å². The highest BCUT2D eigenvalue weighted by Crippen LogP contribution is 1.94. The lowest BCUT2D eigenvalue weighted by Gasteiger charge is -1.96. The van der Waals surface area contributed by atoms with E-state index in [0.717, 1.165) is 0 Å². The van der Waals surface area contributed by atoms with Crippen molar-refractivity contribution in [2.24, 2.45) is 5.73 Å². The Morgan fingerprint density at radius 2 is 2.11 bits per heavy atom. The highest BCUT2D eigenvalue weighted by molar-refractivity contribution is 5.86. The molecule has 0 amide bonds. The van der Waals surface area contributed by atoms with Crippen LogP contribution in [0.4, 0.5) is 0 Å². The van der Waals surface area contributed by atoms with Crippen LogP contribution in [0.3, 0.4) is 0 Å². The fourth-order valence-electron chi connectivity index (χ4n) is 0.268. The Hall–Kier alpha value is -1.03. The van der Waals surface area contributed by atoms with Gasteiger partial charge in [0.05, 0.1) is 6.61 Å². The number of aliphatic hydroxyl groups is 1. The van der Waals surface area contributed by atoms with Crippen molar-refractivity contribution in [1.29, 1.82) is 0 Å². The van der Waals surface area contributed by atoms with E-state index in [-0.39, 0.29) is 17.9 Å². The van der Waals surface area contributed by atoms with E-state index < -0.39 is 5.97 Å². The Morgan fingerprint density at radius 3 is 2.22 bits per heavy atom. The summed E-state index contributed by atoms with van der Waals surface area (Å²) in [6, 6.07) is 0. The molecule has 0 radical (unpaired) electrons. The molecule has 4 nitrogen and oxygen atoms in total. The van der Waals surface area contributed by atoms with Crippen molar-refractivity contribution in [2.45, 2.75) is 6.92 Å². The molecule has 0 aromatic rings. The first kappa shape index (κ1) is 7.97. The maximum atomic E-state index is 10.0. The topological polar surface area (TPSA) is 83.5 Å². The zero-order valence-electron chi connectivity index (χ0n) is 5.09. The van der Waals surface area contributed by atoms with Crippen molar-refractivity contribution in [1.82, 2.24) is 0 Å². The van der Waals surface area contributed by atoms with Gasteiger partial charge < -0.3 is 15.9 Å². The van der Waals surface area contributed by atoms with Crippen LogP contribution in [0, 0.1) is 0 Å². The van der Waals surface area contributed by atoms with Crippen molar-refractivity contribution < 1.29 is 15.0 Å². The zero-order chi connectivity index (χ0) is 7.44. The van der Waals surface area contributed by atoms with Crippen molar-refractivity contribution >= 4 is 5.97 Å². The van der Waals surface area contributed by atoms with Gasteiger partial charge in [0.15, 0.2) is 0 Å². The third-order valence-electron chi connectivity index (χ3n) is 0.927. The number of aliphatic carboxylic acids is 1. The number of hydrogen-bond acceptors (Lipinski definition) is 3. The fraction of sp³-hybridized carbons (Fsp3) is 0.400. The smallest absolute Gasteiger partial charge is 0.351 e. The Balaban J connectivity index is 4.28. The Kier molecular flexibility index (Phi) is 2.73. The van der Waals surface area contributed by atoms with Crippen LogP contribution < -0.4 is 5.73 Å². The van der Waals surface area contributed by atoms with E-state index in [1.54, 1.807) is 0 Å². The van der Waals surface area contributed by atoms with Gasteiger partial charge in [-0.3, -0.25) is 0 Å². The molecule has 0 aliphatic heterocycles. The molecule has 4 N–H and O–H groups in total. The molecule has 0 saturated carbocycles. The summed E-state index contributed by atoms with van der Waals surface area (Å²) in [5, 5.41) is 16.5. The lowest BCUT2D eigenvalue weighted by atomic mass is 10.2. The van der Waals surface area contributed by atoms with Gasteiger partial charge in [-0.15, -0.1) is 0 Å². The van der Waals surface area contributed by atoms with Crippen molar-refractivity contribution in [3.8, 4) is 0 Å². The minimum absolute atomic E-state index is 0.280. The van der Waals surface area contributed by atoms with Crippen LogP contribution in [0.2, 0.25) is 0 Å². The largest absolute Gasteiger partial charge is 0.477 e. The number of rotatable bonds is 2. The number of carbonyl (C=O) groups is 1. The number of aliphatic hydroxyl groups excluding tert-OH is 1. The normalized spacial score (nSPS) is 12.7. The van der Waals surface area contributed by atoms with Crippen molar-refractivity contribution in [3.05, 3.63) is 11.3 Å². The SMILES string of the molecule is C/C(CO)=C(/N)C(=O)O. The van der Waals surface area contributed by atoms with Crippen LogP contribution in [-0.4, -0.2) is 22.8 Å². The van der Waals surface area contributed by atoms with E-state index in [4.69, 9.17) is 15.9 Å². The van der Waals surface area contributed by atoms with E-state index >= 15 is 0 Å². The third-order valence-corrected chi connectivity index (χ3v) is 0.927. The van der Waals surface area contributed by atoms with Gasteiger partial charge in [0.1, 0.15) is 5.70 Å². The Morgan fingerprint density at radius 1 is 1.67 bits per heavy atom. The van der Waals surface area contributed by atoms with Gasteiger partial charge in [0, 0.05) is 0 Å². The molecule has 9 heavy (non-hydrogen) atoms. The van der Waals surface area contributed by atoms with E-state index in [1.165, 1.54) is 6.92 Å². The van der Waals surface area contributed by atoms with Gasteiger partial charge in [0.25, 0.3) is 0 Å². The average molecular weight is 131 g/mol. The van der Waals surface area contributed by atoms with E-state index in [0.29, 0.717) is 0 Å². The molecule has 0 spiro atoms. The first-order chi connectivity index (χ1) is 4.09. The molecule has 0 saturated heterocycles. The minimum atomic E-state index is -1.19. The molecule has 0 unspecified atom stereocenters. The molecule has 0 bridgehead atoms. The molecule has 52 valence electrons. The Bertz CT molecular complexity index is 150. The van der Waals surface area contributed by atoms with Crippen molar-refractivity contribution in [3.63, 3.8) is 0 Å². The van der Waals surface area contributed by atoms with Crippen molar-refractivity contribution in [2.75, 3.05) is 6.61 Å². The van der Waals surface area contributed by atoms with Crippen LogP contribution in [0.25, 0.3) is 0 Å². The summed E-state index contributed by atoms with van der Waals surface area (Å²) in [5.41, 5.74) is 4.99.